The number of hydrogen-bond acceptors (Lipinski definition) is 6. The van der Waals surface area contributed by atoms with Crippen LogP contribution in [0.1, 0.15) is 67.3 Å². The quantitative estimate of drug-likeness (QED) is 0.0903. The monoisotopic (exact) mass is 1100 g/mol. The Hall–Kier alpha value is -6.28. The Bertz CT molecular complexity index is 3090. The minimum atomic E-state index is 0.194. The molecule has 0 amide bonds. The molecule has 362 valence electrons. The van der Waals surface area contributed by atoms with Gasteiger partial charge in [0.2, 0.25) is 0 Å². The predicted octanol–water partition coefficient (Wildman–Crippen LogP) is 17.1. The van der Waals surface area contributed by atoms with E-state index in [1.54, 1.807) is 0 Å². The van der Waals surface area contributed by atoms with Gasteiger partial charge < -0.3 is 0 Å². The summed E-state index contributed by atoms with van der Waals surface area (Å²) < 4.78 is 0. The molecule has 0 N–H and O–H groups in total. The molecule has 0 fully saturated rings. The first-order chi connectivity index (χ1) is 35.2. The van der Waals surface area contributed by atoms with Crippen LogP contribution < -0.4 is 0 Å². The van der Waals surface area contributed by atoms with E-state index >= 15 is 0 Å². The van der Waals surface area contributed by atoms with E-state index < -0.39 is 0 Å². The molecule has 2 aromatic heterocycles. The minimum absolute atomic E-state index is 0.194. The van der Waals surface area contributed by atoms with Crippen LogP contribution in [0.2, 0.25) is 0 Å². The fraction of sp³-hybridized carbons (Fsp3) is 0.0667. The zero-order valence-corrected chi connectivity index (χ0v) is 44.9. The van der Waals surface area contributed by atoms with E-state index in [0.29, 0.717) is 0 Å². The maximum atomic E-state index is 5.26. The molecular formula is C60H48Cl4Fe2N6. The Kier molecular flexibility index (Phi) is 20.5. The molecule has 0 atom stereocenters. The number of hydrogen-bond donors (Lipinski definition) is 0. The van der Waals surface area contributed by atoms with E-state index in [2.05, 4.69) is 113 Å². The molecule has 0 aliphatic carbocycles. The molecule has 0 bridgehead atoms. The van der Waals surface area contributed by atoms with Gasteiger partial charge in [-0.15, -0.1) is 0 Å². The van der Waals surface area contributed by atoms with Crippen molar-refractivity contribution in [3.63, 3.8) is 0 Å². The van der Waals surface area contributed by atoms with Gasteiger partial charge in [0.15, 0.2) is 0 Å². The molecule has 0 aliphatic rings. The molecule has 0 aliphatic heterocycles. The summed E-state index contributed by atoms with van der Waals surface area (Å²) in [7, 11) is 19.1. The molecule has 0 spiro atoms. The summed E-state index contributed by atoms with van der Waals surface area (Å²) in [6.07, 6.45) is 0. The summed E-state index contributed by atoms with van der Waals surface area (Å²) in [5.41, 5.74) is 17.9. The third kappa shape index (κ3) is 14.9. The molecular weight excluding hydrogens is 1060 g/mol. The van der Waals surface area contributed by atoms with Crippen LogP contribution in [0.4, 0.5) is 22.7 Å². The molecule has 0 saturated carbocycles. The molecule has 9 rings (SSSR count). The van der Waals surface area contributed by atoms with Crippen LogP contribution in [0, 0.1) is 27.7 Å². The average molecular weight is 1110 g/mol. The SMILES string of the molecule is Cc1ccc(N=C(c2ccccc2)c2cccc(C(=Nc3ccc(N=C(c4ccccc4)c4cccc(C(=Nc5ccc(C)cc5C)c5ccccc5)n4)cc3)c3ccccc3)n2)c(C)c1.[Cl][Fe][Cl].[Cl][Fe][Cl]. The fourth-order valence-corrected chi connectivity index (χ4v) is 7.82. The van der Waals surface area contributed by atoms with Crippen molar-refractivity contribution in [1.82, 2.24) is 9.97 Å². The van der Waals surface area contributed by atoms with Gasteiger partial charge in [0.05, 0.1) is 68.4 Å². The Morgan fingerprint density at radius 1 is 0.319 bits per heavy atom. The van der Waals surface area contributed by atoms with Gasteiger partial charge >= 0.3 is 66.7 Å². The van der Waals surface area contributed by atoms with Crippen LogP contribution in [0.3, 0.4) is 0 Å². The van der Waals surface area contributed by atoms with Crippen molar-refractivity contribution in [3.8, 4) is 0 Å². The Morgan fingerprint density at radius 3 is 0.847 bits per heavy atom. The van der Waals surface area contributed by atoms with Crippen LogP contribution in [-0.2, 0) is 26.3 Å². The van der Waals surface area contributed by atoms with Crippen LogP contribution in [0.25, 0.3) is 0 Å². The molecule has 0 radical (unpaired) electrons. The summed E-state index contributed by atoms with van der Waals surface area (Å²) in [6.45, 7) is 8.39. The zero-order chi connectivity index (χ0) is 50.7. The second-order valence-electron chi connectivity index (χ2n) is 16.3. The molecule has 12 heteroatoms. The number of nitrogens with zero attached hydrogens (tertiary/aromatic N) is 6. The van der Waals surface area contributed by atoms with Crippen LogP contribution in [0.15, 0.2) is 238 Å². The summed E-state index contributed by atoms with van der Waals surface area (Å²) >= 11 is 0.389. The maximum absolute atomic E-state index is 5.26. The van der Waals surface area contributed by atoms with E-state index in [-0.39, 0.29) is 26.3 Å². The summed E-state index contributed by atoms with van der Waals surface area (Å²) in [5, 5.41) is 0. The molecule has 2 heterocycles. The fourth-order valence-electron chi connectivity index (χ4n) is 7.82. The van der Waals surface area contributed by atoms with E-state index in [9.17, 15) is 0 Å². The number of aromatic nitrogens is 2. The number of aryl methyl sites for hydroxylation is 4. The van der Waals surface area contributed by atoms with Crippen LogP contribution in [-0.4, -0.2) is 32.8 Å². The van der Waals surface area contributed by atoms with Crippen LogP contribution in [0.5, 0.6) is 0 Å². The van der Waals surface area contributed by atoms with Gasteiger partial charge in [0.25, 0.3) is 0 Å². The average Bonchev–Trinajstić information content (AvgIpc) is 3.41. The molecule has 72 heavy (non-hydrogen) atoms. The first-order valence-electron chi connectivity index (χ1n) is 22.6. The molecule has 0 unspecified atom stereocenters. The van der Waals surface area contributed by atoms with Crippen molar-refractivity contribution in [2.75, 3.05) is 0 Å². The zero-order valence-electron chi connectivity index (χ0n) is 39.7. The molecule has 9 aromatic rings. The van der Waals surface area contributed by atoms with Crippen molar-refractivity contribution in [2.24, 2.45) is 20.0 Å². The second-order valence-corrected chi connectivity index (χ2v) is 20.0. The Morgan fingerprint density at radius 2 is 0.583 bits per heavy atom. The van der Waals surface area contributed by atoms with Gasteiger partial charge in [-0.1, -0.05) is 169 Å². The van der Waals surface area contributed by atoms with Gasteiger partial charge in [-0.05, 0) is 99.5 Å². The molecule has 7 aromatic carbocycles. The van der Waals surface area contributed by atoms with Gasteiger partial charge in [-0.3, -0.25) is 0 Å². The van der Waals surface area contributed by atoms with Crippen LogP contribution >= 0.6 is 40.4 Å². The normalized spacial score (nSPS) is 11.9. The number of halogens is 4. The van der Waals surface area contributed by atoms with Gasteiger partial charge in [-0.25, -0.2) is 29.9 Å². The number of pyridine rings is 2. The van der Waals surface area contributed by atoms with E-state index in [4.69, 9.17) is 70.3 Å². The second kappa shape index (κ2) is 27.5. The predicted molar refractivity (Wildman–Crippen MR) is 297 cm³/mol. The van der Waals surface area contributed by atoms with Crippen molar-refractivity contribution in [1.29, 1.82) is 0 Å². The number of aliphatic imine (C=N–C) groups is 4. The van der Waals surface area contributed by atoms with E-state index in [1.165, 1.54) is 11.1 Å². The first-order valence-corrected chi connectivity index (χ1v) is 28.7. The van der Waals surface area contributed by atoms with Crippen molar-refractivity contribution in [2.45, 2.75) is 27.7 Å². The summed E-state index contributed by atoms with van der Waals surface area (Å²) in [6, 6.07) is 73.6. The van der Waals surface area contributed by atoms with Crippen molar-refractivity contribution >= 4 is 86.0 Å². The van der Waals surface area contributed by atoms with Gasteiger partial charge in [-0.2, -0.15) is 0 Å². The first kappa shape index (κ1) is 53.5. The third-order valence-corrected chi connectivity index (χ3v) is 11.2. The number of benzene rings is 7. The molecule has 6 nitrogen and oxygen atoms in total. The summed E-state index contributed by atoms with van der Waals surface area (Å²) in [4.78, 5) is 31.5. The topological polar surface area (TPSA) is 75.2 Å². The van der Waals surface area contributed by atoms with E-state index in [0.717, 1.165) is 102 Å². The summed E-state index contributed by atoms with van der Waals surface area (Å²) in [5.74, 6) is 0. The van der Waals surface area contributed by atoms with Crippen molar-refractivity contribution in [3.05, 3.63) is 286 Å². The Labute approximate surface area is 452 Å². The van der Waals surface area contributed by atoms with Gasteiger partial charge in [0, 0.05) is 22.3 Å². The number of rotatable bonds is 12. The Balaban J connectivity index is 0.00000121. The van der Waals surface area contributed by atoms with Crippen molar-refractivity contribution < 1.29 is 26.3 Å². The molecule has 0 saturated heterocycles. The standard InChI is InChI=1S/C60H48N6.4ClH.2Fe/c1-41-31-37-51(43(3)39-41)65-59(47-23-13-7-14-24-47)55-29-17-27-53(63-55)57(45-19-9-5-10-20-45)61-49-33-35-50(36-34-49)62-58(46-21-11-6-12-22-46)54-28-18-30-56(64-54)60(48-25-15-8-16-26-48)66-52-38-32-42(2)40-44(52)4;;;;;;/h5-40H,1-4H3;4*1H;;/q;;;;;2*+2/p-4. The third-order valence-electron chi connectivity index (χ3n) is 11.2. The van der Waals surface area contributed by atoms with E-state index in [1.807, 2.05) is 133 Å². The van der Waals surface area contributed by atoms with Gasteiger partial charge in [0.1, 0.15) is 0 Å².